The zero-order valence-corrected chi connectivity index (χ0v) is 14.1. The number of hydrogen-bond acceptors (Lipinski definition) is 3. The monoisotopic (exact) mass is 367 g/mol. The fourth-order valence-corrected chi connectivity index (χ4v) is 2.45. The Bertz CT molecular complexity index is 802. The average Bonchev–Trinajstić information content (AvgIpc) is 2.60. The van der Waals surface area contributed by atoms with Gasteiger partial charge in [-0.15, -0.1) is 0 Å². The lowest BCUT2D eigenvalue weighted by Crippen LogP contribution is -2.02. The number of nitrogens with zero attached hydrogens (tertiary/aromatic N) is 1. The maximum atomic E-state index is 12.4. The van der Waals surface area contributed by atoms with Crippen LogP contribution in [0.2, 0.25) is 0 Å². The molecule has 0 aliphatic carbocycles. The quantitative estimate of drug-likeness (QED) is 0.331. The minimum Gasteiger partial charge on any atom is -0.497 e. The predicted molar refractivity (Wildman–Crippen MR) is 94.4 cm³/mol. The van der Waals surface area contributed by atoms with Crippen LogP contribution in [0.25, 0.3) is 6.08 Å². The van der Waals surface area contributed by atoms with E-state index in [2.05, 4.69) is 15.9 Å². The Kier molecular flexibility index (Phi) is 5.90. The molecule has 114 valence electrons. The van der Waals surface area contributed by atoms with Gasteiger partial charge in [-0.2, -0.15) is 5.26 Å². The van der Waals surface area contributed by atoms with Crippen molar-refractivity contribution in [3.05, 3.63) is 81.9 Å². The topological polar surface area (TPSA) is 50.1 Å². The van der Waals surface area contributed by atoms with Crippen molar-refractivity contribution in [1.29, 1.82) is 5.26 Å². The first-order valence-corrected chi connectivity index (χ1v) is 7.66. The van der Waals surface area contributed by atoms with Crippen molar-refractivity contribution >= 4 is 27.8 Å². The zero-order chi connectivity index (χ0) is 16.7. The van der Waals surface area contributed by atoms with Gasteiger partial charge in [0.25, 0.3) is 0 Å². The summed E-state index contributed by atoms with van der Waals surface area (Å²) in [5.74, 6) is 0.233. The second kappa shape index (κ2) is 8.11. The second-order valence-electron chi connectivity index (χ2n) is 4.67. The van der Waals surface area contributed by atoms with Gasteiger partial charge in [-0.1, -0.05) is 58.4 Å². The normalized spacial score (nSPS) is 11.7. The minimum absolute atomic E-state index is 0.0531. The number of carbonyl (C=O) groups excluding carboxylic acids is 1. The molecule has 0 bridgehead atoms. The molecule has 0 heterocycles. The van der Waals surface area contributed by atoms with Gasteiger partial charge in [0.05, 0.1) is 7.11 Å². The third kappa shape index (κ3) is 4.67. The molecule has 2 rings (SSSR count). The van der Waals surface area contributed by atoms with Crippen molar-refractivity contribution in [2.75, 3.05) is 7.11 Å². The van der Waals surface area contributed by atoms with Crippen LogP contribution in [-0.4, -0.2) is 12.9 Å². The molecule has 23 heavy (non-hydrogen) atoms. The molecular formula is C19H14BrNO2. The first-order valence-electron chi connectivity index (χ1n) is 6.87. The fraction of sp³-hybridized carbons (Fsp3) is 0.0526. The van der Waals surface area contributed by atoms with Crippen molar-refractivity contribution in [2.45, 2.75) is 0 Å². The van der Waals surface area contributed by atoms with Crippen LogP contribution in [0, 0.1) is 11.3 Å². The Hall–Kier alpha value is -2.64. The Labute approximate surface area is 143 Å². The number of rotatable bonds is 5. The number of carbonyl (C=O) groups is 1. The summed E-state index contributed by atoms with van der Waals surface area (Å²) in [6, 6.07) is 18.3. The lowest BCUT2D eigenvalue weighted by molar-refractivity contribution is 0.103. The maximum absolute atomic E-state index is 12.4. The van der Waals surface area contributed by atoms with Gasteiger partial charge in [-0.05, 0) is 29.8 Å². The van der Waals surface area contributed by atoms with Gasteiger partial charge in [-0.3, -0.25) is 4.79 Å². The fourth-order valence-electron chi connectivity index (χ4n) is 1.96. The number of hydrogen-bond donors (Lipinski definition) is 0. The lowest BCUT2D eigenvalue weighted by atomic mass is 10.0. The standard InChI is InChI=1S/C19H14BrNO2/c1-23-18-9-5-8-15(12-18)19(22)16(13-21)11-17(20)10-14-6-3-2-4-7-14/h2-12H,1H3/b16-11+,17-10-. The highest BCUT2D eigenvalue weighted by molar-refractivity contribution is 9.12. The molecule has 0 amide bonds. The first-order chi connectivity index (χ1) is 11.1. The van der Waals surface area contributed by atoms with Crippen LogP contribution < -0.4 is 4.74 Å². The summed E-state index contributed by atoms with van der Waals surface area (Å²) in [5, 5.41) is 9.28. The number of halogens is 1. The van der Waals surface area contributed by atoms with E-state index in [1.807, 2.05) is 42.5 Å². The third-order valence-electron chi connectivity index (χ3n) is 3.08. The van der Waals surface area contributed by atoms with Gasteiger partial charge in [0.2, 0.25) is 5.78 Å². The molecule has 0 saturated heterocycles. The number of benzene rings is 2. The van der Waals surface area contributed by atoms with Crippen LogP contribution in [-0.2, 0) is 0 Å². The molecule has 0 aliphatic heterocycles. The molecule has 0 aromatic heterocycles. The molecule has 2 aromatic rings. The van der Waals surface area contributed by atoms with Gasteiger partial charge >= 0.3 is 0 Å². The molecule has 0 saturated carbocycles. The van der Waals surface area contributed by atoms with Crippen molar-refractivity contribution < 1.29 is 9.53 Å². The first kappa shape index (κ1) is 16.7. The van der Waals surface area contributed by atoms with E-state index in [0.29, 0.717) is 15.8 Å². The van der Waals surface area contributed by atoms with E-state index in [0.717, 1.165) is 5.56 Å². The van der Waals surface area contributed by atoms with Crippen LogP contribution in [0.4, 0.5) is 0 Å². The predicted octanol–water partition coefficient (Wildman–Crippen LogP) is 4.76. The van der Waals surface area contributed by atoms with E-state index in [1.54, 1.807) is 24.3 Å². The van der Waals surface area contributed by atoms with Gasteiger partial charge in [-0.25, -0.2) is 0 Å². The molecule has 0 unspecified atom stereocenters. The average molecular weight is 368 g/mol. The molecule has 0 radical (unpaired) electrons. The molecule has 2 aromatic carbocycles. The summed E-state index contributed by atoms with van der Waals surface area (Å²) in [7, 11) is 1.53. The summed E-state index contributed by atoms with van der Waals surface area (Å²) < 4.78 is 5.75. The molecule has 0 spiro atoms. The zero-order valence-electron chi connectivity index (χ0n) is 12.5. The van der Waals surface area contributed by atoms with Crippen molar-refractivity contribution in [3.8, 4) is 11.8 Å². The van der Waals surface area contributed by atoms with Gasteiger partial charge in [0.15, 0.2) is 0 Å². The van der Waals surface area contributed by atoms with Crippen molar-refractivity contribution in [3.63, 3.8) is 0 Å². The Morgan fingerprint density at radius 1 is 1.17 bits per heavy atom. The number of Topliss-reactive ketones (excluding diaryl/α,β-unsaturated/α-hetero) is 1. The summed E-state index contributed by atoms with van der Waals surface area (Å²) in [4.78, 5) is 12.4. The number of methoxy groups -OCH3 is 1. The third-order valence-corrected chi connectivity index (χ3v) is 3.54. The molecule has 0 aliphatic rings. The highest BCUT2D eigenvalue weighted by Crippen LogP contribution is 2.19. The van der Waals surface area contributed by atoms with E-state index in [-0.39, 0.29) is 11.4 Å². The van der Waals surface area contributed by atoms with E-state index in [4.69, 9.17) is 4.74 Å². The maximum Gasteiger partial charge on any atom is 0.203 e. The molecule has 0 N–H and O–H groups in total. The van der Waals surface area contributed by atoms with Crippen LogP contribution in [0.15, 0.2) is 70.7 Å². The lowest BCUT2D eigenvalue weighted by Gasteiger charge is -2.03. The van der Waals surface area contributed by atoms with E-state index in [1.165, 1.54) is 13.2 Å². The van der Waals surface area contributed by atoms with E-state index >= 15 is 0 Å². The smallest absolute Gasteiger partial charge is 0.203 e. The highest BCUT2D eigenvalue weighted by atomic mass is 79.9. The van der Waals surface area contributed by atoms with Gasteiger partial charge in [0, 0.05) is 10.0 Å². The molecule has 4 heteroatoms. The summed E-state index contributed by atoms with van der Waals surface area (Å²) in [6.45, 7) is 0. The summed E-state index contributed by atoms with van der Waals surface area (Å²) in [5.41, 5.74) is 1.44. The second-order valence-corrected chi connectivity index (χ2v) is 5.59. The number of allylic oxidation sites excluding steroid dienone is 3. The number of nitriles is 1. The highest BCUT2D eigenvalue weighted by Gasteiger charge is 2.13. The largest absolute Gasteiger partial charge is 0.497 e. The van der Waals surface area contributed by atoms with Crippen LogP contribution >= 0.6 is 15.9 Å². The minimum atomic E-state index is -0.343. The van der Waals surface area contributed by atoms with E-state index < -0.39 is 0 Å². The molecule has 0 atom stereocenters. The van der Waals surface area contributed by atoms with Crippen molar-refractivity contribution in [2.24, 2.45) is 0 Å². The van der Waals surface area contributed by atoms with Crippen LogP contribution in [0.5, 0.6) is 5.75 Å². The molecular weight excluding hydrogens is 354 g/mol. The van der Waals surface area contributed by atoms with Crippen molar-refractivity contribution in [1.82, 2.24) is 0 Å². The van der Waals surface area contributed by atoms with Gasteiger partial charge in [0.1, 0.15) is 17.4 Å². The number of ether oxygens (including phenoxy) is 1. The summed E-state index contributed by atoms with van der Waals surface area (Å²) in [6.07, 6.45) is 3.37. The Morgan fingerprint density at radius 2 is 1.91 bits per heavy atom. The molecule has 0 fully saturated rings. The van der Waals surface area contributed by atoms with E-state index in [9.17, 15) is 10.1 Å². The van der Waals surface area contributed by atoms with Crippen LogP contribution in [0.3, 0.4) is 0 Å². The Morgan fingerprint density at radius 3 is 2.57 bits per heavy atom. The van der Waals surface area contributed by atoms with Crippen LogP contribution in [0.1, 0.15) is 15.9 Å². The summed E-state index contributed by atoms with van der Waals surface area (Å²) >= 11 is 3.38. The Balaban J connectivity index is 2.29. The molecule has 3 nitrogen and oxygen atoms in total. The SMILES string of the molecule is COc1cccc(C(=O)/C(C#N)=C/C(Br)=C/c2ccccc2)c1. The number of ketones is 1. The van der Waals surface area contributed by atoms with Gasteiger partial charge < -0.3 is 4.74 Å².